The maximum Gasteiger partial charge on any atom is 0.127 e. The van der Waals surface area contributed by atoms with E-state index in [0.717, 1.165) is 17.4 Å². The molecular formula is C8H13ClN2. The predicted octanol–water partition coefficient (Wildman–Crippen LogP) is 2.68. The maximum absolute atomic E-state index is 5.89. The van der Waals surface area contributed by atoms with Gasteiger partial charge in [-0.05, 0) is 18.9 Å². The Morgan fingerprint density at radius 1 is 1.64 bits per heavy atom. The highest BCUT2D eigenvalue weighted by atomic mass is 35.5. The highest BCUT2D eigenvalue weighted by Gasteiger charge is 2.06. The highest BCUT2D eigenvalue weighted by Crippen LogP contribution is 2.17. The fourth-order valence-electron chi connectivity index (χ4n) is 0.916. The lowest BCUT2D eigenvalue weighted by Gasteiger charge is -1.97. The zero-order chi connectivity index (χ0) is 8.43. The van der Waals surface area contributed by atoms with Gasteiger partial charge < -0.3 is 0 Å². The molecule has 0 saturated carbocycles. The van der Waals surface area contributed by atoms with Gasteiger partial charge in [-0.1, -0.05) is 25.4 Å². The molecule has 0 spiro atoms. The molecular weight excluding hydrogens is 160 g/mol. The second kappa shape index (κ2) is 3.26. The molecule has 1 aromatic heterocycles. The third-order valence-corrected chi connectivity index (χ3v) is 1.95. The Morgan fingerprint density at radius 2 is 2.27 bits per heavy atom. The third-order valence-electron chi connectivity index (χ3n) is 1.64. The average molecular weight is 173 g/mol. The van der Waals surface area contributed by atoms with Gasteiger partial charge in [-0.25, -0.2) is 0 Å². The molecule has 0 unspecified atom stereocenters. The van der Waals surface area contributed by atoms with Crippen molar-refractivity contribution < 1.29 is 0 Å². The summed E-state index contributed by atoms with van der Waals surface area (Å²) >= 11 is 5.89. The van der Waals surface area contributed by atoms with Crippen LogP contribution in [0, 0.1) is 0 Å². The van der Waals surface area contributed by atoms with Crippen LogP contribution in [0.5, 0.6) is 0 Å². The van der Waals surface area contributed by atoms with E-state index in [-0.39, 0.29) is 0 Å². The van der Waals surface area contributed by atoms with Crippen molar-refractivity contribution in [2.75, 3.05) is 0 Å². The Balaban J connectivity index is 2.95. The summed E-state index contributed by atoms with van der Waals surface area (Å²) in [7, 11) is 0. The quantitative estimate of drug-likeness (QED) is 0.671. The third kappa shape index (κ3) is 1.74. The van der Waals surface area contributed by atoms with Crippen molar-refractivity contribution in [3.8, 4) is 0 Å². The summed E-state index contributed by atoms with van der Waals surface area (Å²) < 4.78 is 1.80. The van der Waals surface area contributed by atoms with E-state index in [4.69, 9.17) is 11.6 Å². The minimum Gasteiger partial charge on any atom is -0.254 e. The largest absolute Gasteiger partial charge is 0.254 e. The van der Waals surface area contributed by atoms with Crippen LogP contribution in [0.25, 0.3) is 0 Å². The monoisotopic (exact) mass is 172 g/mol. The Labute approximate surface area is 72.2 Å². The molecule has 1 heterocycles. The molecule has 0 amide bonds. The van der Waals surface area contributed by atoms with Gasteiger partial charge in [0.1, 0.15) is 5.15 Å². The zero-order valence-electron chi connectivity index (χ0n) is 7.13. The van der Waals surface area contributed by atoms with E-state index in [0.29, 0.717) is 5.92 Å². The number of aryl methyl sites for hydroxylation is 1. The van der Waals surface area contributed by atoms with Crippen LogP contribution in [0.4, 0.5) is 0 Å². The Hall–Kier alpha value is -0.500. The first-order valence-electron chi connectivity index (χ1n) is 3.88. The van der Waals surface area contributed by atoms with Gasteiger partial charge >= 0.3 is 0 Å². The Kier molecular flexibility index (Phi) is 2.55. The Morgan fingerprint density at radius 3 is 2.55 bits per heavy atom. The molecule has 11 heavy (non-hydrogen) atoms. The molecule has 0 atom stereocenters. The molecule has 0 bridgehead atoms. The number of hydrogen-bond donors (Lipinski definition) is 0. The van der Waals surface area contributed by atoms with Crippen molar-refractivity contribution in [2.45, 2.75) is 33.2 Å². The minimum absolute atomic E-state index is 0.459. The van der Waals surface area contributed by atoms with Crippen molar-refractivity contribution in [3.63, 3.8) is 0 Å². The summed E-state index contributed by atoms with van der Waals surface area (Å²) in [5.74, 6) is 0.459. The lowest BCUT2D eigenvalue weighted by atomic mass is 10.1. The van der Waals surface area contributed by atoms with Crippen LogP contribution < -0.4 is 0 Å². The molecule has 0 aromatic carbocycles. The topological polar surface area (TPSA) is 17.8 Å². The molecule has 0 radical (unpaired) electrons. The van der Waals surface area contributed by atoms with Crippen molar-refractivity contribution >= 4 is 11.6 Å². The van der Waals surface area contributed by atoms with E-state index in [9.17, 15) is 0 Å². The van der Waals surface area contributed by atoms with Crippen LogP contribution in [-0.4, -0.2) is 9.78 Å². The van der Waals surface area contributed by atoms with E-state index in [1.807, 2.05) is 13.0 Å². The highest BCUT2D eigenvalue weighted by molar-refractivity contribution is 6.29. The van der Waals surface area contributed by atoms with E-state index >= 15 is 0 Å². The van der Waals surface area contributed by atoms with Gasteiger partial charge in [0.05, 0.1) is 5.69 Å². The summed E-state index contributed by atoms with van der Waals surface area (Å²) in [5.41, 5.74) is 1.07. The summed E-state index contributed by atoms with van der Waals surface area (Å²) in [5, 5.41) is 5.05. The van der Waals surface area contributed by atoms with Crippen LogP contribution in [0.15, 0.2) is 6.07 Å². The minimum atomic E-state index is 0.459. The zero-order valence-corrected chi connectivity index (χ0v) is 7.89. The number of aromatic nitrogens is 2. The normalized spacial score (nSPS) is 11.0. The van der Waals surface area contributed by atoms with Crippen LogP contribution in [-0.2, 0) is 6.54 Å². The molecule has 1 rings (SSSR count). The molecule has 0 aliphatic heterocycles. The SMILES string of the molecule is CCn1nc(C(C)C)cc1Cl. The number of nitrogens with zero attached hydrogens (tertiary/aromatic N) is 2. The summed E-state index contributed by atoms with van der Waals surface area (Å²) in [4.78, 5) is 0. The first-order chi connectivity index (χ1) is 5.15. The van der Waals surface area contributed by atoms with Gasteiger partial charge in [-0.2, -0.15) is 5.10 Å². The van der Waals surface area contributed by atoms with Crippen molar-refractivity contribution in [1.29, 1.82) is 0 Å². The first kappa shape index (κ1) is 8.60. The number of halogens is 1. The van der Waals surface area contributed by atoms with Gasteiger partial charge in [0.15, 0.2) is 0 Å². The maximum atomic E-state index is 5.89. The Bertz CT molecular complexity index is 240. The first-order valence-corrected chi connectivity index (χ1v) is 4.26. The summed E-state index contributed by atoms with van der Waals surface area (Å²) in [6.07, 6.45) is 0. The van der Waals surface area contributed by atoms with Crippen molar-refractivity contribution in [1.82, 2.24) is 9.78 Å². The van der Waals surface area contributed by atoms with E-state index in [1.165, 1.54) is 0 Å². The van der Waals surface area contributed by atoms with E-state index in [2.05, 4.69) is 18.9 Å². The molecule has 0 saturated heterocycles. The predicted molar refractivity (Wildman–Crippen MR) is 47.0 cm³/mol. The van der Waals surface area contributed by atoms with Crippen LogP contribution >= 0.6 is 11.6 Å². The number of hydrogen-bond acceptors (Lipinski definition) is 1. The molecule has 0 fully saturated rings. The van der Waals surface area contributed by atoms with Gasteiger partial charge in [0, 0.05) is 6.54 Å². The van der Waals surface area contributed by atoms with E-state index < -0.39 is 0 Å². The fourth-order valence-corrected chi connectivity index (χ4v) is 1.19. The van der Waals surface area contributed by atoms with Crippen LogP contribution in [0.3, 0.4) is 0 Å². The second-order valence-corrected chi connectivity index (χ2v) is 3.25. The van der Waals surface area contributed by atoms with Gasteiger partial charge in [0.25, 0.3) is 0 Å². The van der Waals surface area contributed by atoms with Gasteiger partial charge in [-0.3, -0.25) is 4.68 Å². The number of rotatable bonds is 2. The molecule has 0 aliphatic rings. The molecule has 0 N–H and O–H groups in total. The van der Waals surface area contributed by atoms with Crippen LogP contribution in [0.1, 0.15) is 32.4 Å². The fraction of sp³-hybridized carbons (Fsp3) is 0.625. The molecule has 1 aromatic rings. The van der Waals surface area contributed by atoms with Gasteiger partial charge in [-0.15, -0.1) is 0 Å². The lowest BCUT2D eigenvalue weighted by Crippen LogP contribution is -1.97. The summed E-state index contributed by atoms with van der Waals surface area (Å²) in [6, 6.07) is 1.93. The summed E-state index contributed by atoms with van der Waals surface area (Å²) in [6.45, 7) is 7.09. The lowest BCUT2D eigenvalue weighted by molar-refractivity contribution is 0.636. The molecule has 2 nitrogen and oxygen atoms in total. The smallest absolute Gasteiger partial charge is 0.127 e. The van der Waals surface area contributed by atoms with Gasteiger partial charge in [0.2, 0.25) is 0 Å². The van der Waals surface area contributed by atoms with E-state index in [1.54, 1.807) is 4.68 Å². The molecule has 0 aliphatic carbocycles. The standard InChI is InChI=1S/C8H13ClN2/c1-4-11-8(9)5-7(10-11)6(2)3/h5-6H,4H2,1-3H3. The van der Waals surface area contributed by atoms with Crippen LogP contribution in [0.2, 0.25) is 5.15 Å². The van der Waals surface area contributed by atoms with Crippen molar-refractivity contribution in [3.05, 3.63) is 16.9 Å². The molecule has 3 heteroatoms. The molecule has 62 valence electrons. The van der Waals surface area contributed by atoms with Crippen molar-refractivity contribution in [2.24, 2.45) is 0 Å². The second-order valence-electron chi connectivity index (χ2n) is 2.86. The average Bonchev–Trinajstić information content (AvgIpc) is 2.31.